The average Bonchev–Trinajstić information content (AvgIpc) is 3.16. The number of amidine groups is 1. The first-order valence-electron chi connectivity index (χ1n) is 8.06. The second-order valence-corrected chi connectivity index (χ2v) is 7.51. The lowest BCUT2D eigenvalue weighted by Gasteiger charge is -2.35. The Balaban J connectivity index is 1.81. The van der Waals surface area contributed by atoms with E-state index in [0.29, 0.717) is 43.9 Å². The zero-order valence-electron chi connectivity index (χ0n) is 13.8. The monoisotopic (exact) mass is 383 g/mol. The molecule has 8 nitrogen and oxygen atoms in total. The molecule has 3 heterocycles. The molecule has 1 fully saturated rings. The zero-order valence-corrected chi connectivity index (χ0v) is 15.4. The number of nitrogens with one attached hydrogen (secondary N) is 1. The standard InChI is InChI=1S/C15H20N4O4S2/c1-2-23-15(20)11-9-17-13(14-16-5-8-24-14)18-12(11)10-3-6-19(7-4-10)25(21)22/h5,8,10H,2-4,6-7,9H2,1H3,(H,17,18)(H,21,22)/p-1. The van der Waals surface area contributed by atoms with Gasteiger partial charge >= 0.3 is 5.97 Å². The summed E-state index contributed by atoms with van der Waals surface area (Å²) in [6, 6.07) is 0. The third-order valence-corrected chi connectivity index (χ3v) is 5.77. The molecule has 1 N–H and O–H groups in total. The van der Waals surface area contributed by atoms with Crippen LogP contribution in [0.2, 0.25) is 0 Å². The SMILES string of the molecule is CCOC(=O)C1=C(C2CCN(S(=O)[O-])CC2)NC(c2nccs2)=NC1. The van der Waals surface area contributed by atoms with Gasteiger partial charge in [0, 0.05) is 47.5 Å². The van der Waals surface area contributed by atoms with Crippen molar-refractivity contribution in [3.63, 3.8) is 0 Å². The summed E-state index contributed by atoms with van der Waals surface area (Å²) in [6.45, 7) is 3.17. The molecule has 136 valence electrons. The van der Waals surface area contributed by atoms with Crippen LogP contribution in [-0.4, -0.2) is 56.1 Å². The van der Waals surface area contributed by atoms with Crippen LogP contribution in [0.3, 0.4) is 0 Å². The number of nitrogens with zero attached hydrogens (tertiary/aromatic N) is 3. The molecular formula is C15H19N4O4S2-. The number of carbonyl (C=O) groups is 1. The fraction of sp³-hybridized carbons (Fsp3) is 0.533. The summed E-state index contributed by atoms with van der Waals surface area (Å²) >= 11 is -0.731. The van der Waals surface area contributed by atoms with E-state index in [2.05, 4.69) is 15.3 Å². The van der Waals surface area contributed by atoms with Gasteiger partial charge in [-0.05, 0) is 19.8 Å². The minimum Gasteiger partial charge on any atom is -0.760 e. The quantitative estimate of drug-likeness (QED) is 0.596. The molecule has 0 bridgehead atoms. The number of hydrogen-bond donors (Lipinski definition) is 1. The minimum atomic E-state index is -2.20. The molecule has 2 aliphatic heterocycles. The van der Waals surface area contributed by atoms with Gasteiger partial charge in [0.15, 0.2) is 10.8 Å². The number of aromatic nitrogens is 1. The second-order valence-electron chi connectivity index (χ2n) is 5.66. The molecule has 0 spiro atoms. The summed E-state index contributed by atoms with van der Waals surface area (Å²) in [5.74, 6) is 0.333. The first kappa shape index (κ1) is 18.2. The Morgan fingerprint density at radius 3 is 2.88 bits per heavy atom. The van der Waals surface area contributed by atoms with Crippen molar-refractivity contribution in [1.82, 2.24) is 14.6 Å². The lowest BCUT2D eigenvalue weighted by Crippen LogP contribution is -2.41. The van der Waals surface area contributed by atoms with Crippen LogP contribution >= 0.6 is 11.3 Å². The van der Waals surface area contributed by atoms with Crippen LogP contribution < -0.4 is 5.32 Å². The van der Waals surface area contributed by atoms with E-state index in [-0.39, 0.29) is 18.4 Å². The Kier molecular flexibility index (Phi) is 5.94. The number of hydrogen-bond acceptors (Lipinski definition) is 8. The summed E-state index contributed by atoms with van der Waals surface area (Å²) < 4.78 is 28.8. The molecule has 0 aromatic carbocycles. The first-order chi connectivity index (χ1) is 12.1. The Morgan fingerprint density at radius 2 is 2.28 bits per heavy atom. The van der Waals surface area contributed by atoms with Crippen molar-refractivity contribution in [2.45, 2.75) is 19.8 Å². The largest absolute Gasteiger partial charge is 0.760 e. The van der Waals surface area contributed by atoms with Gasteiger partial charge in [-0.2, -0.15) is 0 Å². The first-order valence-corrected chi connectivity index (χ1v) is 9.97. The summed E-state index contributed by atoms with van der Waals surface area (Å²) in [5, 5.41) is 5.89. The summed E-state index contributed by atoms with van der Waals surface area (Å²) in [7, 11) is 0. The van der Waals surface area contributed by atoms with Gasteiger partial charge in [0.1, 0.15) is 0 Å². The van der Waals surface area contributed by atoms with E-state index in [1.807, 2.05) is 5.38 Å². The number of thiazole rings is 1. The molecule has 0 amide bonds. The smallest absolute Gasteiger partial charge is 0.337 e. The number of carbonyl (C=O) groups excluding carboxylic acids is 1. The molecular weight excluding hydrogens is 364 g/mol. The highest BCUT2D eigenvalue weighted by Crippen LogP contribution is 2.28. The van der Waals surface area contributed by atoms with Gasteiger partial charge in [-0.1, -0.05) is 0 Å². The van der Waals surface area contributed by atoms with Gasteiger partial charge in [-0.25, -0.2) is 14.1 Å². The second kappa shape index (κ2) is 8.17. The van der Waals surface area contributed by atoms with Crippen molar-refractivity contribution in [2.24, 2.45) is 10.9 Å². The normalized spacial score (nSPS) is 20.8. The number of rotatable bonds is 5. The lowest BCUT2D eigenvalue weighted by molar-refractivity contribution is -0.138. The van der Waals surface area contributed by atoms with Crippen molar-refractivity contribution in [3.8, 4) is 0 Å². The molecule has 1 atom stereocenters. The minimum absolute atomic E-state index is 0.0599. The maximum Gasteiger partial charge on any atom is 0.337 e. The van der Waals surface area contributed by atoms with Crippen LogP contribution in [-0.2, 0) is 20.8 Å². The van der Waals surface area contributed by atoms with Crippen molar-refractivity contribution in [1.29, 1.82) is 0 Å². The van der Waals surface area contributed by atoms with Crippen molar-refractivity contribution < 1.29 is 18.3 Å². The van der Waals surface area contributed by atoms with Gasteiger partial charge in [0.05, 0.1) is 18.7 Å². The Hall–Kier alpha value is -1.62. The van der Waals surface area contributed by atoms with Crippen LogP contribution in [0.4, 0.5) is 0 Å². The number of ether oxygens (including phenoxy) is 1. The maximum absolute atomic E-state index is 12.3. The van der Waals surface area contributed by atoms with Crippen LogP contribution in [0.1, 0.15) is 24.8 Å². The van der Waals surface area contributed by atoms with E-state index in [1.165, 1.54) is 15.6 Å². The van der Waals surface area contributed by atoms with E-state index in [9.17, 15) is 13.6 Å². The van der Waals surface area contributed by atoms with Crippen LogP contribution in [0.15, 0.2) is 27.8 Å². The summed E-state index contributed by atoms with van der Waals surface area (Å²) in [5.41, 5.74) is 1.30. The molecule has 0 aliphatic carbocycles. The van der Waals surface area contributed by atoms with Crippen LogP contribution in [0, 0.1) is 5.92 Å². The zero-order chi connectivity index (χ0) is 17.8. The third kappa shape index (κ3) is 4.14. The van der Waals surface area contributed by atoms with Gasteiger partial charge in [0.2, 0.25) is 0 Å². The van der Waals surface area contributed by atoms with E-state index in [1.54, 1.807) is 13.1 Å². The lowest BCUT2D eigenvalue weighted by atomic mass is 9.90. The van der Waals surface area contributed by atoms with Gasteiger partial charge in [0.25, 0.3) is 0 Å². The third-order valence-electron chi connectivity index (χ3n) is 4.20. The van der Waals surface area contributed by atoms with Crippen LogP contribution in [0.5, 0.6) is 0 Å². The highest BCUT2D eigenvalue weighted by Gasteiger charge is 2.31. The van der Waals surface area contributed by atoms with Crippen molar-refractivity contribution >= 4 is 34.4 Å². The topological polar surface area (TPSA) is 107 Å². The predicted molar refractivity (Wildman–Crippen MR) is 93.5 cm³/mol. The Bertz CT molecular complexity index is 709. The Morgan fingerprint density at radius 1 is 1.52 bits per heavy atom. The van der Waals surface area contributed by atoms with Gasteiger partial charge in [-0.3, -0.25) is 9.20 Å². The van der Waals surface area contributed by atoms with E-state index in [0.717, 1.165) is 10.7 Å². The van der Waals surface area contributed by atoms with Crippen molar-refractivity contribution in [2.75, 3.05) is 26.2 Å². The van der Waals surface area contributed by atoms with Crippen molar-refractivity contribution in [3.05, 3.63) is 27.9 Å². The summed E-state index contributed by atoms with van der Waals surface area (Å²) in [6.07, 6.45) is 2.99. The fourth-order valence-corrected chi connectivity index (χ4v) is 4.09. The number of piperidine rings is 1. The Labute approximate surface area is 152 Å². The van der Waals surface area contributed by atoms with E-state index in [4.69, 9.17) is 4.74 Å². The molecule has 2 aliphatic rings. The molecule has 1 aromatic heterocycles. The highest BCUT2D eigenvalue weighted by atomic mass is 32.2. The molecule has 3 rings (SSSR count). The molecule has 25 heavy (non-hydrogen) atoms. The maximum atomic E-state index is 12.3. The van der Waals surface area contributed by atoms with Gasteiger partial charge in [-0.15, -0.1) is 11.3 Å². The fourth-order valence-electron chi connectivity index (χ4n) is 2.98. The molecule has 0 saturated carbocycles. The average molecular weight is 383 g/mol. The molecule has 1 unspecified atom stereocenters. The van der Waals surface area contributed by atoms with E-state index >= 15 is 0 Å². The van der Waals surface area contributed by atoms with E-state index < -0.39 is 11.3 Å². The number of allylic oxidation sites excluding steroid dienone is 1. The molecule has 1 saturated heterocycles. The molecule has 0 radical (unpaired) electrons. The summed E-state index contributed by atoms with van der Waals surface area (Å²) in [4.78, 5) is 21.0. The molecule has 10 heteroatoms. The number of esters is 1. The highest BCUT2D eigenvalue weighted by molar-refractivity contribution is 7.76. The predicted octanol–water partition coefficient (Wildman–Crippen LogP) is 0.816. The van der Waals surface area contributed by atoms with Gasteiger partial charge < -0.3 is 14.6 Å². The van der Waals surface area contributed by atoms with Crippen LogP contribution in [0.25, 0.3) is 0 Å². The molecule has 1 aromatic rings. The number of aliphatic imine (C=N–C) groups is 1.